The first kappa shape index (κ1) is 17.9. The van der Waals surface area contributed by atoms with Crippen LogP contribution in [-0.2, 0) is 13.0 Å². The second kappa shape index (κ2) is 8.05. The molecule has 4 aromatic rings. The van der Waals surface area contributed by atoms with Crippen LogP contribution in [0.3, 0.4) is 0 Å². The molecule has 5 nitrogen and oxygen atoms in total. The summed E-state index contributed by atoms with van der Waals surface area (Å²) in [6.45, 7) is 3.25. The summed E-state index contributed by atoms with van der Waals surface area (Å²) in [5, 5.41) is 8.48. The number of amides is 1. The fourth-order valence-corrected chi connectivity index (χ4v) is 3.35. The van der Waals surface area contributed by atoms with E-state index in [-0.39, 0.29) is 5.91 Å². The van der Waals surface area contributed by atoms with Gasteiger partial charge in [-0.25, -0.2) is 0 Å². The summed E-state index contributed by atoms with van der Waals surface area (Å²) in [6, 6.07) is 20.1. The SMILES string of the molecule is Cc1cccc(Cn2nc(C(=O)NCCc3cccnc3)c3ccccc32)c1. The number of benzene rings is 2. The largest absolute Gasteiger partial charge is 0.350 e. The number of nitrogens with zero attached hydrogens (tertiary/aromatic N) is 3. The highest BCUT2D eigenvalue weighted by Gasteiger charge is 2.16. The Morgan fingerprint density at radius 2 is 1.89 bits per heavy atom. The van der Waals surface area contributed by atoms with Crippen LogP contribution in [0.2, 0.25) is 0 Å². The molecule has 0 unspecified atom stereocenters. The molecule has 0 aliphatic carbocycles. The Morgan fingerprint density at radius 1 is 1.04 bits per heavy atom. The molecule has 28 heavy (non-hydrogen) atoms. The van der Waals surface area contributed by atoms with Crippen LogP contribution in [0.4, 0.5) is 0 Å². The maximum absolute atomic E-state index is 12.8. The lowest BCUT2D eigenvalue weighted by Gasteiger charge is -2.05. The van der Waals surface area contributed by atoms with Crippen LogP contribution >= 0.6 is 0 Å². The van der Waals surface area contributed by atoms with E-state index in [1.807, 2.05) is 53.3 Å². The molecule has 0 atom stereocenters. The zero-order chi connectivity index (χ0) is 19.3. The zero-order valence-corrected chi connectivity index (χ0v) is 15.8. The van der Waals surface area contributed by atoms with Gasteiger partial charge in [-0.3, -0.25) is 14.5 Å². The molecule has 0 saturated heterocycles. The molecule has 2 heterocycles. The van der Waals surface area contributed by atoms with Gasteiger partial charge in [0.05, 0.1) is 12.1 Å². The van der Waals surface area contributed by atoms with Gasteiger partial charge in [0, 0.05) is 24.3 Å². The molecule has 2 aromatic heterocycles. The number of rotatable bonds is 6. The van der Waals surface area contributed by atoms with Crippen LogP contribution in [0.1, 0.15) is 27.2 Å². The van der Waals surface area contributed by atoms with Crippen LogP contribution in [0.25, 0.3) is 10.9 Å². The zero-order valence-electron chi connectivity index (χ0n) is 15.8. The summed E-state index contributed by atoms with van der Waals surface area (Å²) in [4.78, 5) is 16.9. The first-order valence-electron chi connectivity index (χ1n) is 9.39. The number of para-hydroxylation sites is 1. The first-order valence-corrected chi connectivity index (χ1v) is 9.39. The van der Waals surface area contributed by atoms with Gasteiger partial charge in [-0.2, -0.15) is 5.10 Å². The molecular formula is C23H22N4O. The van der Waals surface area contributed by atoms with Gasteiger partial charge in [0.2, 0.25) is 0 Å². The van der Waals surface area contributed by atoms with Crippen molar-refractivity contribution >= 4 is 16.8 Å². The highest BCUT2D eigenvalue weighted by molar-refractivity contribution is 6.04. The van der Waals surface area contributed by atoms with E-state index in [0.717, 1.165) is 28.5 Å². The minimum Gasteiger partial charge on any atom is -0.350 e. The summed E-state index contributed by atoms with van der Waals surface area (Å²) in [5.74, 6) is -0.150. The molecule has 1 N–H and O–H groups in total. The molecule has 5 heteroatoms. The number of aryl methyl sites for hydroxylation is 1. The number of nitrogens with one attached hydrogen (secondary N) is 1. The summed E-state index contributed by atoms with van der Waals surface area (Å²) in [5.41, 5.74) is 4.90. The summed E-state index contributed by atoms with van der Waals surface area (Å²) in [6.07, 6.45) is 4.30. The molecular weight excluding hydrogens is 348 g/mol. The lowest BCUT2D eigenvalue weighted by molar-refractivity contribution is 0.0950. The van der Waals surface area contributed by atoms with Gasteiger partial charge in [-0.15, -0.1) is 0 Å². The molecule has 0 radical (unpaired) electrons. The van der Waals surface area contributed by atoms with Gasteiger partial charge in [-0.05, 0) is 36.6 Å². The second-order valence-corrected chi connectivity index (χ2v) is 6.88. The Balaban J connectivity index is 1.54. The van der Waals surface area contributed by atoms with Crippen molar-refractivity contribution in [3.63, 3.8) is 0 Å². The summed E-state index contributed by atoms with van der Waals surface area (Å²) < 4.78 is 1.90. The third-order valence-electron chi connectivity index (χ3n) is 4.71. The van der Waals surface area contributed by atoms with Gasteiger partial charge in [0.1, 0.15) is 0 Å². The minimum atomic E-state index is -0.150. The number of carbonyl (C=O) groups excluding carboxylic acids is 1. The Kier molecular flexibility index (Phi) is 5.15. The van der Waals surface area contributed by atoms with Gasteiger partial charge in [0.15, 0.2) is 5.69 Å². The number of hydrogen-bond donors (Lipinski definition) is 1. The fraction of sp³-hybridized carbons (Fsp3) is 0.174. The molecule has 0 aliphatic rings. The topological polar surface area (TPSA) is 59.8 Å². The van der Waals surface area contributed by atoms with Crippen LogP contribution < -0.4 is 5.32 Å². The standard InChI is InChI=1S/C23H22N4O/c1-17-6-4-7-19(14-17)16-27-21-10-3-2-9-20(21)22(26-27)23(28)25-13-11-18-8-5-12-24-15-18/h2-10,12,14-15H,11,13,16H2,1H3,(H,25,28). The third kappa shape index (κ3) is 3.93. The maximum Gasteiger partial charge on any atom is 0.272 e. The lowest BCUT2D eigenvalue weighted by Crippen LogP contribution is -2.26. The predicted octanol–water partition coefficient (Wildman–Crippen LogP) is 3.76. The highest BCUT2D eigenvalue weighted by atomic mass is 16.1. The molecule has 0 fully saturated rings. The normalized spacial score (nSPS) is 10.9. The van der Waals surface area contributed by atoms with Gasteiger partial charge in [-0.1, -0.05) is 54.1 Å². The minimum absolute atomic E-state index is 0.150. The molecule has 0 spiro atoms. The molecule has 4 rings (SSSR count). The van der Waals surface area contributed by atoms with Crippen molar-refractivity contribution in [2.24, 2.45) is 0 Å². The maximum atomic E-state index is 12.8. The number of hydrogen-bond acceptors (Lipinski definition) is 3. The monoisotopic (exact) mass is 370 g/mol. The van der Waals surface area contributed by atoms with Crippen molar-refractivity contribution in [2.45, 2.75) is 19.9 Å². The smallest absolute Gasteiger partial charge is 0.272 e. The number of carbonyl (C=O) groups is 1. The average molecular weight is 370 g/mol. The van der Waals surface area contributed by atoms with Crippen molar-refractivity contribution < 1.29 is 4.79 Å². The van der Waals surface area contributed by atoms with Gasteiger partial charge in [0.25, 0.3) is 5.91 Å². The Bertz CT molecular complexity index is 1100. The van der Waals surface area contributed by atoms with Crippen molar-refractivity contribution in [1.82, 2.24) is 20.1 Å². The highest BCUT2D eigenvalue weighted by Crippen LogP contribution is 2.20. The quantitative estimate of drug-likeness (QED) is 0.562. The van der Waals surface area contributed by atoms with Gasteiger partial charge < -0.3 is 5.32 Å². The number of pyridine rings is 1. The van der Waals surface area contributed by atoms with E-state index >= 15 is 0 Å². The molecule has 2 aromatic carbocycles. The number of fused-ring (bicyclic) bond motifs is 1. The third-order valence-corrected chi connectivity index (χ3v) is 4.71. The summed E-state index contributed by atoms with van der Waals surface area (Å²) >= 11 is 0. The van der Waals surface area contributed by atoms with Gasteiger partial charge >= 0.3 is 0 Å². The van der Waals surface area contributed by atoms with Crippen molar-refractivity contribution in [1.29, 1.82) is 0 Å². The van der Waals surface area contributed by atoms with Crippen LogP contribution in [-0.4, -0.2) is 27.2 Å². The van der Waals surface area contributed by atoms with E-state index in [1.54, 1.807) is 6.20 Å². The van der Waals surface area contributed by atoms with Crippen LogP contribution in [0.15, 0.2) is 73.1 Å². The van der Waals surface area contributed by atoms with Crippen molar-refractivity contribution in [3.05, 3.63) is 95.4 Å². The molecule has 140 valence electrons. The molecule has 0 aliphatic heterocycles. The fourth-order valence-electron chi connectivity index (χ4n) is 3.35. The number of aromatic nitrogens is 3. The van der Waals surface area contributed by atoms with E-state index in [2.05, 4.69) is 40.5 Å². The average Bonchev–Trinajstić information content (AvgIpc) is 3.07. The Hall–Kier alpha value is -3.47. The molecule has 0 saturated carbocycles. The van der Waals surface area contributed by atoms with E-state index in [1.165, 1.54) is 5.56 Å². The second-order valence-electron chi connectivity index (χ2n) is 6.88. The van der Waals surface area contributed by atoms with Crippen LogP contribution in [0, 0.1) is 6.92 Å². The van der Waals surface area contributed by atoms with E-state index in [0.29, 0.717) is 18.8 Å². The summed E-state index contributed by atoms with van der Waals surface area (Å²) in [7, 11) is 0. The Morgan fingerprint density at radius 3 is 2.71 bits per heavy atom. The predicted molar refractivity (Wildman–Crippen MR) is 110 cm³/mol. The Labute approximate surface area is 164 Å². The van der Waals surface area contributed by atoms with Crippen molar-refractivity contribution in [2.75, 3.05) is 6.54 Å². The lowest BCUT2D eigenvalue weighted by atomic mass is 10.1. The first-order chi connectivity index (χ1) is 13.7. The molecule has 0 bridgehead atoms. The molecule has 1 amide bonds. The van der Waals surface area contributed by atoms with Crippen LogP contribution in [0.5, 0.6) is 0 Å². The van der Waals surface area contributed by atoms with E-state index < -0.39 is 0 Å². The van der Waals surface area contributed by atoms with E-state index in [9.17, 15) is 4.79 Å². The van der Waals surface area contributed by atoms with E-state index in [4.69, 9.17) is 0 Å². The van der Waals surface area contributed by atoms with Crippen molar-refractivity contribution in [3.8, 4) is 0 Å².